The molecule has 0 N–H and O–H groups in total. The molecule has 22 heavy (non-hydrogen) atoms. The van der Waals surface area contributed by atoms with Crippen molar-refractivity contribution in [1.82, 2.24) is 10.1 Å². The highest BCUT2D eigenvalue weighted by molar-refractivity contribution is 7.90. The van der Waals surface area contributed by atoms with Crippen LogP contribution in [-0.4, -0.2) is 18.6 Å². The topological polar surface area (TPSA) is 73.1 Å². The molecule has 0 amide bonds. The zero-order chi connectivity index (χ0) is 15.6. The first-order chi connectivity index (χ1) is 10.5. The van der Waals surface area contributed by atoms with E-state index in [9.17, 15) is 8.42 Å². The minimum atomic E-state index is -3.51. The zero-order valence-electron chi connectivity index (χ0n) is 11.3. The van der Waals surface area contributed by atoms with Gasteiger partial charge in [-0.2, -0.15) is 4.98 Å². The third-order valence-electron chi connectivity index (χ3n) is 2.97. The molecule has 0 aliphatic carbocycles. The van der Waals surface area contributed by atoms with E-state index in [0.717, 1.165) is 0 Å². The standard InChI is InChI=1S/C15H11ClN2O3S/c16-12-6-4-5-11(9-12)15-17-14(21-18-15)10-22(19,20)13-7-2-1-3-8-13/h1-9H,10H2. The van der Waals surface area contributed by atoms with E-state index in [1.165, 1.54) is 12.1 Å². The summed E-state index contributed by atoms with van der Waals surface area (Å²) in [6.07, 6.45) is 0. The van der Waals surface area contributed by atoms with Crippen molar-refractivity contribution in [1.29, 1.82) is 0 Å². The third-order valence-corrected chi connectivity index (χ3v) is 4.82. The Morgan fingerprint density at radius 1 is 1.05 bits per heavy atom. The second-order valence-electron chi connectivity index (χ2n) is 4.59. The molecule has 3 aromatic rings. The van der Waals surface area contributed by atoms with Crippen LogP contribution in [0.3, 0.4) is 0 Å². The fraction of sp³-hybridized carbons (Fsp3) is 0.0667. The van der Waals surface area contributed by atoms with E-state index in [0.29, 0.717) is 16.4 Å². The van der Waals surface area contributed by atoms with Crippen LogP contribution in [0.25, 0.3) is 11.4 Å². The average molecular weight is 335 g/mol. The van der Waals surface area contributed by atoms with Crippen molar-refractivity contribution in [3.8, 4) is 11.4 Å². The maximum Gasteiger partial charge on any atom is 0.242 e. The summed E-state index contributed by atoms with van der Waals surface area (Å²) in [5, 5.41) is 4.34. The first-order valence-corrected chi connectivity index (χ1v) is 8.44. The summed E-state index contributed by atoms with van der Waals surface area (Å²) in [6, 6.07) is 15.1. The van der Waals surface area contributed by atoms with Gasteiger partial charge in [0, 0.05) is 10.6 Å². The van der Waals surface area contributed by atoms with Crippen molar-refractivity contribution in [2.45, 2.75) is 10.6 Å². The minimum absolute atomic E-state index is 0.0406. The summed E-state index contributed by atoms with van der Waals surface area (Å²) in [7, 11) is -3.51. The van der Waals surface area contributed by atoms with Crippen LogP contribution < -0.4 is 0 Å². The molecule has 0 spiro atoms. The highest BCUT2D eigenvalue weighted by Crippen LogP contribution is 2.21. The molecule has 0 fully saturated rings. The number of aromatic nitrogens is 2. The predicted molar refractivity (Wildman–Crippen MR) is 82.1 cm³/mol. The Labute approximate surface area is 132 Å². The molecule has 2 aromatic carbocycles. The van der Waals surface area contributed by atoms with Crippen LogP contribution in [0.15, 0.2) is 64.0 Å². The molecule has 1 aromatic heterocycles. The monoisotopic (exact) mass is 334 g/mol. The molecule has 1 heterocycles. The molecular formula is C15H11ClN2O3S. The lowest BCUT2D eigenvalue weighted by atomic mass is 10.2. The Kier molecular flexibility index (Phi) is 3.96. The molecule has 0 atom stereocenters. The average Bonchev–Trinajstić information content (AvgIpc) is 2.96. The maximum atomic E-state index is 12.3. The van der Waals surface area contributed by atoms with Gasteiger partial charge in [-0.15, -0.1) is 0 Å². The summed E-state index contributed by atoms with van der Waals surface area (Å²) >= 11 is 5.91. The Morgan fingerprint density at radius 2 is 1.82 bits per heavy atom. The van der Waals surface area contributed by atoms with Gasteiger partial charge in [-0.3, -0.25) is 0 Å². The lowest BCUT2D eigenvalue weighted by Crippen LogP contribution is -2.05. The maximum absolute atomic E-state index is 12.3. The van der Waals surface area contributed by atoms with Gasteiger partial charge < -0.3 is 4.52 Å². The van der Waals surface area contributed by atoms with Gasteiger partial charge in [0.15, 0.2) is 9.84 Å². The Bertz CT molecular complexity index is 892. The fourth-order valence-electron chi connectivity index (χ4n) is 1.93. The number of halogens is 1. The molecule has 3 rings (SSSR count). The van der Waals surface area contributed by atoms with E-state index in [4.69, 9.17) is 16.1 Å². The quantitative estimate of drug-likeness (QED) is 0.731. The molecule has 0 saturated carbocycles. The van der Waals surface area contributed by atoms with Crippen molar-refractivity contribution >= 4 is 21.4 Å². The smallest absolute Gasteiger partial charge is 0.242 e. The largest absolute Gasteiger partial charge is 0.338 e. The summed E-state index contributed by atoms with van der Waals surface area (Å²) in [6.45, 7) is 0. The SMILES string of the molecule is O=S(=O)(Cc1nc(-c2cccc(Cl)c2)no1)c1ccccc1. The highest BCUT2D eigenvalue weighted by atomic mass is 35.5. The van der Waals surface area contributed by atoms with Crippen molar-refractivity contribution in [3.63, 3.8) is 0 Å². The number of hydrogen-bond acceptors (Lipinski definition) is 5. The van der Waals surface area contributed by atoms with Crippen LogP contribution in [0.1, 0.15) is 5.89 Å². The summed E-state index contributed by atoms with van der Waals surface area (Å²) < 4.78 is 29.5. The Morgan fingerprint density at radius 3 is 2.55 bits per heavy atom. The van der Waals surface area contributed by atoms with E-state index >= 15 is 0 Å². The van der Waals surface area contributed by atoms with Crippen LogP contribution in [-0.2, 0) is 15.6 Å². The van der Waals surface area contributed by atoms with Gasteiger partial charge in [-0.1, -0.05) is 47.1 Å². The van der Waals surface area contributed by atoms with E-state index in [-0.39, 0.29) is 16.5 Å². The minimum Gasteiger partial charge on any atom is -0.338 e. The van der Waals surface area contributed by atoms with Gasteiger partial charge in [0.2, 0.25) is 11.7 Å². The van der Waals surface area contributed by atoms with Gasteiger partial charge in [0.1, 0.15) is 5.75 Å². The van der Waals surface area contributed by atoms with Crippen molar-refractivity contribution in [3.05, 3.63) is 65.5 Å². The van der Waals surface area contributed by atoms with Gasteiger partial charge in [0.25, 0.3) is 0 Å². The Hall–Kier alpha value is -2.18. The second kappa shape index (κ2) is 5.90. The van der Waals surface area contributed by atoms with Crippen LogP contribution in [0.5, 0.6) is 0 Å². The molecule has 0 aliphatic heterocycles. The number of benzene rings is 2. The van der Waals surface area contributed by atoms with Crippen LogP contribution in [0.2, 0.25) is 5.02 Å². The van der Waals surface area contributed by atoms with Crippen LogP contribution in [0, 0.1) is 0 Å². The molecule has 0 bridgehead atoms. The summed E-state index contributed by atoms with van der Waals surface area (Å²) in [5.41, 5.74) is 0.666. The lowest BCUT2D eigenvalue weighted by molar-refractivity contribution is 0.389. The molecule has 5 nitrogen and oxygen atoms in total. The number of rotatable bonds is 4. The lowest BCUT2D eigenvalue weighted by Gasteiger charge is -2.00. The van der Waals surface area contributed by atoms with Crippen molar-refractivity contribution in [2.24, 2.45) is 0 Å². The summed E-state index contributed by atoms with van der Waals surface area (Å²) in [4.78, 5) is 4.34. The van der Waals surface area contributed by atoms with Crippen LogP contribution >= 0.6 is 11.6 Å². The first-order valence-electron chi connectivity index (χ1n) is 6.41. The molecule has 0 radical (unpaired) electrons. The van der Waals surface area contributed by atoms with Gasteiger partial charge >= 0.3 is 0 Å². The molecule has 0 unspecified atom stereocenters. The van der Waals surface area contributed by atoms with Crippen molar-refractivity contribution < 1.29 is 12.9 Å². The number of hydrogen-bond donors (Lipinski definition) is 0. The van der Waals surface area contributed by atoms with E-state index < -0.39 is 9.84 Å². The van der Waals surface area contributed by atoms with E-state index in [1.54, 1.807) is 42.5 Å². The summed E-state index contributed by atoms with van der Waals surface area (Å²) in [5.74, 6) is 0.00416. The highest BCUT2D eigenvalue weighted by Gasteiger charge is 2.20. The first kappa shape index (κ1) is 14.7. The number of nitrogens with zero attached hydrogens (tertiary/aromatic N) is 2. The van der Waals surface area contributed by atoms with E-state index in [1.807, 2.05) is 0 Å². The second-order valence-corrected chi connectivity index (χ2v) is 7.02. The van der Waals surface area contributed by atoms with Crippen LogP contribution in [0.4, 0.5) is 0 Å². The van der Waals surface area contributed by atoms with Gasteiger partial charge in [-0.25, -0.2) is 8.42 Å². The molecular weight excluding hydrogens is 324 g/mol. The van der Waals surface area contributed by atoms with E-state index in [2.05, 4.69) is 10.1 Å². The molecule has 112 valence electrons. The van der Waals surface area contributed by atoms with Crippen molar-refractivity contribution in [2.75, 3.05) is 0 Å². The Balaban J connectivity index is 1.86. The molecule has 7 heteroatoms. The molecule has 0 aliphatic rings. The zero-order valence-corrected chi connectivity index (χ0v) is 12.9. The third kappa shape index (κ3) is 3.18. The normalized spacial score (nSPS) is 11.5. The van der Waals surface area contributed by atoms with Gasteiger partial charge in [0.05, 0.1) is 4.90 Å². The number of sulfone groups is 1. The fourth-order valence-corrected chi connectivity index (χ4v) is 3.30. The molecule has 0 saturated heterocycles. The predicted octanol–water partition coefficient (Wildman–Crippen LogP) is 3.36. The van der Waals surface area contributed by atoms with Gasteiger partial charge in [-0.05, 0) is 24.3 Å².